The Morgan fingerprint density at radius 3 is 2.93 bits per heavy atom. The van der Waals surface area contributed by atoms with Crippen molar-refractivity contribution in [2.75, 3.05) is 6.61 Å². The van der Waals surface area contributed by atoms with Crippen LogP contribution in [0.2, 0.25) is 0 Å². The van der Waals surface area contributed by atoms with Gasteiger partial charge >= 0.3 is 0 Å². The second-order valence-corrected chi connectivity index (χ2v) is 7.51. The molecule has 0 bridgehead atoms. The lowest BCUT2D eigenvalue weighted by Crippen LogP contribution is -2.21. The highest BCUT2D eigenvalue weighted by Gasteiger charge is 2.12. The van der Waals surface area contributed by atoms with E-state index < -0.39 is 6.10 Å². The first-order chi connectivity index (χ1) is 13.2. The number of fused-ring (bicyclic) bond motifs is 1. The average Bonchev–Trinajstić information content (AvgIpc) is 3.33. The number of pyridine rings is 1. The minimum absolute atomic E-state index is 0.129. The SMILES string of the molecule is O=c1ccc2cc(OCC(O)Cc3[nH]ccc3Cc3cccs3)ccc2[nH]1. The van der Waals surface area contributed by atoms with Crippen molar-refractivity contribution in [3.05, 3.63) is 86.6 Å². The van der Waals surface area contributed by atoms with Crippen molar-refractivity contribution in [2.24, 2.45) is 0 Å². The number of thiophene rings is 1. The third-order valence-electron chi connectivity index (χ3n) is 4.45. The van der Waals surface area contributed by atoms with Crippen LogP contribution in [-0.2, 0) is 12.8 Å². The Labute approximate surface area is 160 Å². The van der Waals surface area contributed by atoms with E-state index in [9.17, 15) is 9.90 Å². The first-order valence-corrected chi connectivity index (χ1v) is 9.67. The number of rotatable bonds is 7. The molecule has 6 heteroatoms. The maximum Gasteiger partial charge on any atom is 0.248 e. The fourth-order valence-electron chi connectivity index (χ4n) is 3.10. The Balaban J connectivity index is 1.37. The van der Waals surface area contributed by atoms with Crippen LogP contribution >= 0.6 is 11.3 Å². The van der Waals surface area contributed by atoms with Gasteiger partial charge in [0.05, 0.1) is 6.10 Å². The van der Waals surface area contributed by atoms with Gasteiger partial charge in [-0.25, -0.2) is 0 Å². The molecule has 0 saturated heterocycles. The third-order valence-corrected chi connectivity index (χ3v) is 5.33. The van der Waals surface area contributed by atoms with Crippen LogP contribution in [0.15, 0.2) is 64.9 Å². The Morgan fingerprint density at radius 2 is 2.07 bits per heavy atom. The van der Waals surface area contributed by atoms with E-state index in [-0.39, 0.29) is 12.2 Å². The van der Waals surface area contributed by atoms with Crippen LogP contribution in [0, 0.1) is 0 Å². The predicted octanol–water partition coefficient (Wildman–Crippen LogP) is 3.49. The van der Waals surface area contributed by atoms with Crippen molar-refractivity contribution >= 4 is 22.2 Å². The summed E-state index contributed by atoms with van der Waals surface area (Å²) < 4.78 is 5.75. The second kappa shape index (κ2) is 7.82. The maximum absolute atomic E-state index is 11.3. The minimum Gasteiger partial charge on any atom is -0.491 e. The lowest BCUT2D eigenvalue weighted by molar-refractivity contribution is 0.107. The number of aliphatic hydroxyl groups excluding tert-OH is 1. The number of aromatic nitrogens is 2. The van der Waals surface area contributed by atoms with Crippen LogP contribution in [0.4, 0.5) is 0 Å². The Morgan fingerprint density at radius 1 is 1.15 bits per heavy atom. The zero-order valence-electron chi connectivity index (χ0n) is 14.6. The van der Waals surface area contributed by atoms with E-state index in [4.69, 9.17) is 4.74 Å². The van der Waals surface area contributed by atoms with Gasteiger partial charge in [-0.2, -0.15) is 0 Å². The van der Waals surface area contributed by atoms with Gasteiger partial charge < -0.3 is 19.8 Å². The van der Waals surface area contributed by atoms with E-state index in [1.807, 2.05) is 24.4 Å². The molecule has 1 aromatic carbocycles. The molecular weight excluding hydrogens is 360 g/mol. The number of aromatic amines is 2. The van der Waals surface area contributed by atoms with Gasteiger partial charge in [0.2, 0.25) is 5.56 Å². The van der Waals surface area contributed by atoms with Crippen molar-refractivity contribution in [1.29, 1.82) is 0 Å². The molecule has 0 aliphatic carbocycles. The molecule has 1 atom stereocenters. The minimum atomic E-state index is -0.614. The van der Waals surface area contributed by atoms with Gasteiger partial charge in [-0.15, -0.1) is 11.3 Å². The molecule has 0 saturated carbocycles. The van der Waals surface area contributed by atoms with Crippen LogP contribution in [0.1, 0.15) is 16.1 Å². The average molecular weight is 380 g/mol. The summed E-state index contributed by atoms with van der Waals surface area (Å²) in [5, 5.41) is 13.4. The zero-order chi connectivity index (χ0) is 18.6. The molecule has 1 unspecified atom stereocenters. The van der Waals surface area contributed by atoms with Gasteiger partial charge in [-0.05, 0) is 47.3 Å². The highest BCUT2D eigenvalue weighted by atomic mass is 32.1. The van der Waals surface area contributed by atoms with Crippen LogP contribution in [0.3, 0.4) is 0 Å². The third kappa shape index (κ3) is 4.30. The summed E-state index contributed by atoms with van der Waals surface area (Å²) in [5.74, 6) is 0.666. The fraction of sp³-hybridized carbons (Fsp3) is 0.190. The molecule has 3 aromatic heterocycles. The van der Waals surface area contributed by atoms with Crippen molar-refractivity contribution < 1.29 is 9.84 Å². The molecule has 0 aliphatic heterocycles. The number of H-pyrrole nitrogens is 2. The van der Waals surface area contributed by atoms with Gasteiger partial charge in [-0.3, -0.25) is 4.79 Å². The lowest BCUT2D eigenvalue weighted by atomic mass is 10.1. The monoisotopic (exact) mass is 380 g/mol. The summed E-state index contributed by atoms with van der Waals surface area (Å²) in [5.41, 5.74) is 2.87. The zero-order valence-corrected chi connectivity index (χ0v) is 15.5. The number of aliphatic hydroxyl groups is 1. The largest absolute Gasteiger partial charge is 0.491 e. The highest BCUT2D eigenvalue weighted by Crippen LogP contribution is 2.20. The molecule has 0 radical (unpaired) electrons. The number of hydrogen-bond acceptors (Lipinski definition) is 4. The van der Waals surface area contributed by atoms with Gasteiger partial charge in [0.15, 0.2) is 0 Å². The van der Waals surface area contributed by atoms with Gasteiger partial charge in [-0.1, -0.05) is 6.07 Å². The lowest BCUT2D eigenvalue weighted by Gasteiger charge is -2.13. The summed E-state index contributed by atoms with van der Waals surface area (Å²) in [4.78, 5) is 18.6. The Bertz CT molecular complexity index is 1080. The molecule has 0 fully saturated rings. The molecular formula is C21H20N2O3S. The standard InChI is InChI=1S/C21H20N2O3S/c24-16(12-20-15(7-8-22-20)11-18-2-1-9-27-18)13-26-17-4-5-19-14(10-17)3-6-21(25)23-19/h1-10,16,22,24H,11-13H2,(H,23,25). The van der Waals surface area contributed by atoms with E-state index in [1.54, 1.807) is 23.5 Å². The first kappa shape index (κ1) is 17.6. The van der Waals surface area contributed by atoms with Crippen molar-refractivity contribution in [1.82, 2.24) is 9.97 Å². The van der Waals surface area contributed by atoms with Crippen molar-refractivity contribution in [2.45, 2.75) is 18.9 Å². The van der Waals surface area contributed by atoms with E-state index in [2.05, 4.69) is 27.5 Å². The van der Waals surface area contributed by atoms with Crippen molar-refractivity contribution in [3.63, 3.8) is 0 Å². The predicted molar refractivity (Wildman–Crippen MR) is 108 cm³/mol. The molecule has 138 valence electrons. The first-order valence-electron chi connectivity index (χ1n) is 8.79. The summed E-state index contributed by atoms with van der Waals surface area (Å²) >= 11 is 1.73. The molecule has 4 rings (SSSR count). The molecule has 0 aliphatic rings. The van der Waals surface area contributed by atoms with Crippen LogP contribution in [0.5, 0.6) is 5.75 Å². The molecule has 0 spiro atoms. The van der Waals surface area contributed by atoms with E-state index >= 15 is 0 Å². The molecule has 3 heterocycles. The molecule has 5 nitrogen and oxygen atoms in total. The van der Waals surface area contributed by atoms with Crippen molar-refractivity contribution in [3.8, 4) is 5.75 Å². The van der Waals surface area contributed by atoms with Crippen LogP contribution < -0.4 is 10.3 Å². The molecule has 4 aromatic rings. The number of hydrogen-bond donors (Lipinski definition) is 3. The normalized spacial score (nSPS) is 12.3. The van der Waals surface area contributed by atoms with E-state index in [1.165, 1.54) is 16.5 Å². The maximum atomic E-state index is 11.3. The topological polar surface area (TPSA) is 78.1 Å². The number of nitrogens with one attached hydrogen (secondary N) is 2. The molecule has 27 heavy (non-hydrogen) atoms. The Hall–Kier alpha value is -2.83. The summed E-state index contributed by atoms with van der Waals surface area (Å²) in [6, 6.07) is 14.9. The number of ether oxygens (including phenoxy) is 1. The van der Waals surface area contributed by atoms with Crippen LogP contribution in [0.25, 0.3) is 10.9 Å². The smallest absolute Gasteiger partial charge is 0.248 e. The molecule has 3 N–H and O–H groups in total. The van der Waals surface area contributed by atoms with Crippen LogP contribution in [-0.4, -0.2) is 27.8 Å². The quantitative estimate of drug-likeness (QED) is 0.459. The highest BCUT2D eigenvalue weighted by molar-refractivity contribution is 7.09. The molecule has 0 amide bonds. The van der Waals surface area contributed by atoms with Gasteiger partial charge in [0.25, 0.3) is 0 Å². The Kier molecular flexibility index (Phi) is 5.09. The summed E-state index contributed by atoms with van der Waals surface area (Å²) in [6.07, 6.45) is 2.68. The van der Waals surface area contributed by atoms with Gasteiger partial charge in [0, 0.05) is 46.6 Å². The van der Waals surface area contributed by atoms with E-state index in [0.29, 0.717) is 12.2 Å². The summed E-state index contributed by atoms with van der Waals surface area (Å²) in [6.45, 7) is 0.201. The number of benzene rings is 1. The van der Waals surface area contributed by atoms with E-state index in [0.717, 1.165) is 23.0 Å². The fourth-order valence-corrected chi connectivity index (χ4v) is 3.83. The second-order valence-electron chi connectivity index (χ2n) is 6.48. The van der Waals surface area contributed by atoms with Gasteiger partial charge in [0.1, 0.15) is 12.4 Å². The summed E-state index contributed by atoms with van der Waals surface area (Å²) in [7, 11) is 0.